The van der Waals surface area contributed by atoms with E-state index in [1.54, 1.807) is 17.5 Å². The summed E-state index contributed by atoms with van der Waals surface area (Å²) >= 11 is 1.67. The number of thiazole rings is 1. The van der Waals surface area contributed by atoms with Crippen LogP contribution in [0, 0.1) is 6.92 Å². The number of imidazole rings is 1. The number of nitrogens with zero attached hydrogens (tertiary/aromatic N) is 6. The van der Waals surface area contributed by atoms with E-state index in [4.69, 9.17) is 10.7 Å². The molecule has 9 heteroatoms. The van der Waals surface area contributed by atoms with Gasteiger partial charge in [0.2, 0.25) is 0 Å². The fraction of sp³-hybridized carbons (Fsp3) is 0.263. The molecule has 0 saturated carbocycles. The smallest absolute Gasteiger partial charge is 0.185 e. The van der Waals surface area contributed by atoms with Gasteiger partial charge in [-0.1, -0.05) is 6.07 Å². The molecule has 0 atom stereocenters. The first-order valence-corrected chi connectivity index (χ1v) is 10.0. The number of rotatable bonds is 3. The summed E-state index contributed by atoms with van der Waals surface area (Å²) in [5.74, 6) is 1.84. The number of aromatic nitrogens is 5. The summed E-state index contributed by atoms with van der Waals surface area (Å²) < 4.78 is 0. The Kier molecular flexibility index (Phi) is 4.09. The third-order valence-electron chi connectivity index (χ3n) is 4.94. The van der Waals surface area contributed by atoms with Crippen molar-refractivity contribution in [3.8, 4) is 11.5 Å². The fourth-order valence-electron chi connectivity index (χ4n) is 3.45. The Morgan fingerprint density at radius 1 is 1.07 bits per heavy atom. The molecule has 0 aliphatic carbocycles. The van der Waals surface area contributed by atoms with Gasteiger partial charge in [-0.25, -0.2) is 19.9 Å². The van der Waals surface area contributed by atoms with Gasteiger partial charge in [0.25, 0.3) is 0 Å². The molecule has 5 rings (SSSR count). The van der Waals surface area contributed by atoms with Gasteiger partial charge in [-0.3, -0.25) is 0 Å². The lowest BCUT2D eigenvalue weighted by molar-refractivity contribution is 0.645. The number of anilines is 3. The largest absolute Gasteiger partial charge is 0.382 e. The third kappa shape index (κ3) is 3.03. The summed E-state index contributed by atoms with van der Waals surface area (Å²) in [6.45, 7) is 5.58. The molecule has 1 saturated heterocycles. The van der Waals surface area contributed by atoms with Crippen molar-refractivity contribution >= 4 is 39.1 Å². The molecule has 8 nitrogen and oxygen atoms in total. The van der Waals surface area contributed by atoms with Crippen LogP contribution in [0.3, 0.4) is 0 Å². The number of nitrogens with one attached hydrogen (secondary N) is 1. The lowest BCUT2D eigenvalue weighted by Gasteiger charge is -2.35. The van der Waals surface area contributed by atoms with E-state index in [2.05, 4.69) is 42.7 Å². The van der Waals surface area contributed by atoms with Crippen molar-refractivity contribution in [3.05, 3.63) is 41.5 Å². The second kappa shape index (κ2) is 6.75. The number of aryl methyl sites for hydroxylation is 1. The molecule has 1 aromatic carbocycles. The van der Waals surface area contributed by atoms with Gasteiger partial charge in [0, 0.05) is 37.8 Å². The van der Waals surface area contributed by atoms with Crippen molar-refractivity contribution in [1.29, 1.82) is 0 Å². The number of benzene rings is 1. The van der Waals surface area contributed by atoms with Crippen molar-refractivity contribution in [2.45, 2.75) is 6.92 Å². The molecule has 0 spiro atoms. The van der Waals surface area contributed by atoms with E-state index in [1.165, 1.54) is 5.56 Å². The molecule has 0 bridgehead atoms. The maximum atomic E-state index is 6.12. The highest BCUT2D eigenvalue weighted by Crippen LogP contribution is 2.26. The first-order chi connectivity index (χ1) is 13.7. The van der Waals surface area contributed by atoms with E-state index in [9.17, 15) is 0 Å². The lowest BCUT2D eigenvalue weighted by Crippen LogP contribution is -2.46. The minimum atomic E-state index is 0.376. The van der Waals surface area contributed by atoms with E-state index in [0.29, 0.717) is 17.3 Å². The highest BCUT2D eigenvalue weighted by atomic mass is 32.1. The maximum absolute atomic E-state index is 6.12. The summed E-state index contributed by atoms with van der Waals surface area (Å²) in [5, 5.41) is 3.08. The van der Waals surface area contributed by atoms with E-state index in [0.717, 1.165) is 48.2 Å². The quantitative estimate of drug-likeness (QED) is 0.553. The summed E-state index contributed by atoms with van der Waals surface area (Å²) in [4.78, 5) is 26.1. The predicted octanol–water partition coefficient (Wildman–Crippen LogP) is 2.69. The normalized spacial score (nSPS) is 14.8. The number of hydrogen-bond acceptors (Lipinski definition) is 8. The van der Waals surface area contributed by atoms with Crippen molar-refractivity contribution in [2.75, 3.05) is 41.7 Å². The average Bonchev–Trinajstić information content (AvgIpc) is 3.38. The summed E-state index contributed by atoms with van der Waals surface area (Å²) in [5.41, 5.74) is 9.75. The molecule has 3 aromatic heterocycles. The molecule has 1 aliphatic heterocycles. The van der Waals surface area contributed by atoms with Gasteiger partial charge in [-0.15, -0.1) is 11.3 Å². The van der Waals surface area contributed by atoms with Crippen LogP contribution in [0.5, 0.6) is 0 Å². The Bertz CT molecular complexity index is 1110. The van der Waals surface area contributed by atoms with Crippen LogP contribution < -0.4 is 15.5 Å². The minimum Gasteiger partial charge on any atom is -0.382 e. The van der Waals surface area contributed by atoms with Crippen LogP contribution in [-0.4, -0.2) is 51.1 Å². The van der Waals surface area contributed by atoms with Crippen LogP contribution in [0.4, 0.5) is 16.8 Å². The van der Waals surface area contributed by atoms with Crippen LogP contribution in [0.25, 0.3) is 22.6 Å². The number of nitrogens with two attached hydrogens (primary N) is 1. The highest BCUT2D eigenvalue weighted by molar-refractivity contribution is 7.13. The zero-order valence-corrected chi connectivity index (χ0v) is 16.3. The summed E-state index contributed by atoms with van der Waals surface area (Å²) in [6, 6.07) is 6.10. The third-order valence-corrected chi connectivity index (χ3v) is 5.78. The van der Waals surface area contributed by atoms with Crippen molar-refractivity contribution in [2.24, 2.45) is 0 Å². The summed E-state index contributed by atoms with van der Waals surface area (Å²) in [7, 11) is 0. The molecular formula is C19H20N8S. The number of nitrogen functional groups attached to an aromatic ring is 1. The Labute approximate surface area is 166 Å². The second-order valence-electron chi connectivity index (χ2n) is 6.86. The van der Waals surface area contributed by atoms with E-state index in [-0.39, 0.29) is 0 Å². The Balaban J connectivity index is 1.41. The van der Waals surface area contributed by atoms with Gasteiger partial charge in [-0.05, 0) is 24.6 Å². The topological polar surface area (TPSA) is 99.8 Å². The monoisotopic (exact) mass is 392 g/mol. The molecular weight excluding hydrogens is 372 g/mol. The number of hydrogen-bond donors (Lipinski definition) is 2. The fourth-order valence-corrected chi connectivity index (χ4v) is 4.15. The van der Waals surface area contributed by atoms with Crippen LogP contribution in [0.2, 0.25) is 0 Å². The predicted molar refractivity (Wildman–Crippen MR) is 113 cm³/mol. The van der Waals surface area contributed by atoms with E-state index >= 15 is 0 Å². The SMILES string of the molecule is Cc1ccc2nc(-c3nc(N4CCN(c5nccs5)CC4)cnc3N)[nH]c2c1. The van der Waals surface area contributed by atoms with Crippen LogP contribution in [0.1, 0.15) is 5.56 Å². The second-order valence-corrected chi connectivity index (χ2v) is 7.73. The molecule has 1 aliphatic rings. The van der Waals surface area contributed by atoms with Gasteiger partial charge >= 0.3 is 0 Å². The van der Waals surface area contributed by atoms with Gasteiger partial charge in [0.1, 0.15) is 5.82 Å². The van der Waals surface area contributed by atoms with Crippen LogP contribution in [-0.2, 0) is 0 Å². The molecule has 28 heavy (non-hydrogen) atoms. The zero-order valence-electron chi connectivity index (χ0n) is 15.5. The molecule has 0 radical (unpaired) electrons. The Morgan fingerprint density at radius 3 is 2.68 bits per heavy atom. The van der Waals surface area contributed by atoms with Gasteiger partial charge in [-0.2, -0.15) is 0 Å². The maximum Gasteiger partial charge on any atom is 0.185 e. The molecule has 142 valence electrons. The Hall–Kier alpha value is -3.20. The molecule has 1 fully saturated rings. The summed E-state index contributed by atoms with van der Waals surface area (Å²) in [6.07, 6.45) is 3.59. The first-order valence-electron chi connectivity index (χ1n) is 9.16. The van der Waals surface area contributed by atoms with Crippen molar-refractivity contribution in [1.82, 2.24) is 24.9 Å². The van der Waals surface area contributed by atoms with Crippen molar-refractivity contribution in [3.63, 3.8) is 0 Å². The van der Waals surface area contributed by atoms with Crippen molar-refractivity contribution < 1.29 is 0 Å². The zero-order chi connectivity index (χ0) is 19.1. The standard InChI is InChI=1S/C19H20N8S/c1-12-2-3-13-14(10-12)24-18(23-13)16-17(20)22-11-15(25-16)26-5-7-27(8-6-26)19-21-4-9-28-19/h2-4,9-11H,5-8H2,1H3,(H2,20,22)(H,23,24). The van der Waals surface area contributed by atoms with Gasteiger partial charge in [0.05, 0.1) is 17.2 Å². The molecule has 4 aromatic rings. The van der Waals surface area contributed by atoms with Gasteiger partial charge < -0.3 is 20.5 Å². The van der Waals surface area contributed by atoms with Gasteiger partial charge in [0.15, 0.2) is 22.5 Å². The van der Waals surface area contributed by atoms with Crippen LogP contribution in [0.15, 0.2) is 36.0 Å². The average molecular weight is 392 g/mol. The van der Waals surface area contributed by atoms with E-state index in [1.807, 2.05) is 23.7 Å². The molecule has 3 N–H and O–H groups in total. The number of aromatic amines is 1. The molecule has 0 unspecified atom stereocenters. The lowest BCUT2D eigenvalue weighted by atomic mass is 10.2. The minimum absolute atomic E-state index is 0.376. The number of H-pyrrole nitrogens is 1. The highest BCUT2D eigenvalue weighted by Gasteiger charge is 2.21. The van der Waals surface area contributed by atoms with E-state index < -0.39 is 0 Å². The Morgan fingerprint density at radius 2 is 1.89 bits per heavy atom. The van der Waals surface area contributed by atoms with Crippen LogP contribution >= 0.6 is 11.3 Å². The molecule has 4 heterocycles. The number of fused-ring (bicyclic) bond motifs is 1. The first kappa shape index (κ1) is 16.9. The number of piperazine rings is 1. The molecule has 0 amide bonds.